The van der Waals surface area contributed by atoms with E-state index in [2.05, 4.69) is 5.32 Å². The molecule has 0 aromatic heterocycles. The summed E-state index contributed by atoms with van der Waals surface area (Å²) in [4.78, 5) is 26.1. The first-order chi connectivity index (χ1) is 7.54. The largest absolute Gasteiger partial charge is 0.340 e. The summed E-state index contributed by atoms with van der Waals surface area (Å²) in [6.45, 7) is 1.88. The zero-order chi connectivity index (χ0) is 11.5. The first-order valence-electron chi connectivity index (χ1n) is 6.13. The Kier molecular flexibility index (Phi) is 1.89. The van der Waals surface area contributed by atoms with Crippen molar-refractivity contribution in [2.45, 2.75) is 44.2 Å². The second kappa shape index (κ2) is 2.99. The molecule has 4 nitrogen and oxygen atoms in total. The molecule has 1 aliphatic heterocycles. The lowest BCUT2D eigenvalue weighted by atomic mass is 9.89. The lowest BCUT2D eigenvalue weighted by Crippen LogP contribution is -2.69. The van der Waals surface area contributed by atoms with Crippen molar-refractivity contribution in [1.29, 1.82) is 0 Å². The summed E-state index contributed by atoms with van der Waals surface area (Å²) in [5.74, 6) is 0.912. The first kappa shape index (κ1) is 10.1. The molecule has 0 spiro atoms. The number of likely N-dealkylation sites (N-methyl/N-ethyl adjacent to an activating group) is 1. The van der Waals surface area contributed by atoms with Gasteiger partial charge in [0.25, 0.3) is 0 Å². The van der Waals surface area contributed by atoms with Gasteiger partial charge in [0.2, 0.25) is 11.8 Å². The van der Waals surface area contributed by atoms with Crippen molar-refractivity contribution < 1.29 is 9.59 Å². The fourth-order valence-electron chi connectivity index (χ4n) is 2.93. The van der Waals surface area contributed by atoms with Gasteiger partial charge in [-0.1, -0.05) is 0 Å². The third-order valence-corrected chi connectivity index (χ3v) is 4.30. The van der Waals surface area contributed by atoms with Crippen molar-refractivity contribution in [2.24, 2.45) is 11.8 Å². The van der Waals surface area contributed by atoms with E-state index >= 15 is 0 Å². The van der Waals surface area contributed by atoms with Crippen LogP contribution in [0.1, 0.15) is 32.6 Å². The van der Waals surface area contributed by atoms with Crippen LogP contribution in [-0.4, -0.2) is 35.3 Å². The van der Waals surface area contributed by atoms with Crippen LogP contribution >= 0.6 is 0 Å². The molecule has 2 atom stereocenters. The van der Waals surface area contributed by atoms with Crippen LogP contribution in [-0.2, 0) is 9.59 Å². The summed E-state index contributed by atoms with van der Waals surface area (Å²) in [5, 5.41) is 2.98. The fourth-order valence-corrected chi connectivity index (χ4v) is 2.93. The Labute approximate surface area is 95.4 Å². The molecule has 3 rings (SSSR count). The van der Waals surface area contributed by atoms with Gasteiger partial charge in [0.1, 0.15) is 11.6 Å². The molecule has 1 saturated heterocycles. The van der Waals surface area contributed by atoms with Crippen molar-refractivity contribution in [3.8, 4) is 0 Å². The molecule has 2 saturated carbocycles. The lowest BCUT2D eigenvalue weighted by molar-refractivity contribution is -0.154. The van der Waals surface area contributed by atoms with Crippen LogP contribution in [0.15, 0.2) is 0 Å². The van der Waals surface area contributed by atoms with E-state index in [9.17, 15) is 9.59 Å². The molecule has 3 aliphatic rings. The predicted octanol–water partition coefficient (Wildman–Crippen LogP) is 0.522. The van der Waals surface area contributed by atoms with Crippen LogP contribution in [0.5, 0.6) is 0 Å². The average molecular weight is 222 g/mol. The van der Waals surface area contributed by atoms with Gasteiger partial charge in [0.15, 0.2) is 0 Å². The molecule has 0 aromatic rings. The number of nitrogens with zero attached hydrogens (tertiary/aromatic N) is 1. The molecule has 1 N–H and O–H groups in total. The Balaban J connectivity index is 1.87. The standard InChI is InChI=1S/C12H18N2O2/c1-12(8-5-6-8)11(16)14(2)9(7-3-4-7)10(15)13-12/h7-9H,3-6H2,1-2H3,(H,13,15). The highest BCUT2D eigenvalue weighted by molar-refractivity contribution is 6.00. The van der Waals surface area contributed by atoms with Crippen molar-refractivity contribution in [3.63, 3.8) is 0 Å². The summed E-state index contributed by atoms with van der Waals surface area (Å²) >= 11 is 0. The van der Waals surface area contributed by atoms with E-state index in [1.54, 1.807) is 11.9 Å². The molecule has 2 amide bonds. The van der Waals surface area contributed by atoms with Gasteiger partial charge in [-0.15, -0.1) is 0 Å². The van der Waals surface area contributed by atoms with E-state index in [-0.39, 0.29) is 17.9 Å². The maximum atomic E-state index is 12.3. The molecule has 1 heterocycles. The van der Waals surface area contributed by atoms with E-state index in [0.717, 1.165) is 25.7 Å². The maximum Gasteiger partial charge on any atom is 0.248 e. The normalized spacial score (nSPS) is 39.9. The monoisotopic (exact) mass is 222 g/mol. The number of piperazine rings is 1. The Morgan fingerprint density at radius 3 is 2.38 bits per heavy atom. The zero-order valence-corrected chi connectivity index (χ0v) is 9.82. The molecule has 16 heavy (non-hydrogen) atoms. The SMILES string of the molecule is CN1C(=O)C(C)(C2CC2)NC(=O)C1C1CC1. The Morgan fingerprint density at radius 2 is 1.88 bits per heavy atom. The van der Waals surface area contributed by atoms with Crippen molar-refractivity contribution in [3.05, 3.63) is 0 Å². The zero-order valence-electron chi connectivity index (χ0n) is 9.82. The average Bonchev–Trinajstić information content (AvgIpc) is 3.03. The van der Waals surface area contributed by atoms with Crippen molar-refractivity contribution in [2.75, 3.05) is 7.05 Å². The van der Waals surface area contributed by atoms with Gasteiger partial charge < -0.3 is 10.2 Å². The third kappa shape index (κ3) is 1.28. The lowest BCUT2D eigenvalue weighted by Gasteiger charge is -2.43. The van der Waals surface area contributed by atoms with E-state index in [0.29, 0.717) is 11.8 Å². The van der Waals surface area contributed by atoms with Crippen molar-refractivity contribution in [1.82, 2.24) is 10.2 Å². The summed E-state index contributed by atoms with van der Waals surface area (Å²) in [6, 6.07) is -0.209. The minimum atomic E-state index is -0.628. The van der Waals surface area contributed by atoms with E-state index < -0.39 is 5.54 Å². The van der Waals surface area contributed by atoms with Crippen LogP contribution in [0.25, 0.3) is 0 Å². The van der Waals surface area contributed by atoms with Gasteiger partial charge in [-0.25, -0.2) is 0 Å². The maximum absolute atomic E-state index is 12.3. The topological polar surface area (TPSA) is 49.4 Å². The van der Waals surface area contributed by atoms with Gasteiger partial charge in [0.05, 0.1) is 0 Å². The van der Waals surface area contributed by atoms with Crippen LogP contribution < -0.4 is 5.32 Å². The summed E-state index contributed by atoms with van der Waals surface area (Å²) in [5.41, 5.74) is -0.628. The smallest absolute Gasteiger partial charge is 0.248 e. The number of hydrogen-bond acceptors (Lipinski definition) is 2. The highest BCUT2D eigenvalue weighted by Crippen LogP contribution is 2.44. The van der Waals surface area contributed by atoms with E-state index in [1.807, 2.05) is 6.92 Å². The molecular formula is C12H18N2O2. The Morgan fingerprint density at radius 1 is 1.25 bits per heavy atom. The van der Waals surface area contributed by atoms with Crippen molar-refractivity contribution >= 4 is 11.8 Å². The van der Waals surface area contributed by atoms with Gasteiger partial charge in [-0.3, -0.25) is 9.59 Å². The minimum absolute atomic E-state index is 0.0546. The number of carbonyl (C=O) groups excluding carboxylic acids is 2. The highest BCUT2D eigenvalue weighted by Gasteiger charge is 2.56. The molecule has 0 bridgehead atoms. The molecule has 0 aromatic carbocycles. The number of amides is 2. The van der Waals surface area contributed by atoms with Crippen LogP contribution in [0, 0.1) is 11.8 Å². The van der Waals surface area contributed by atoms with Gasteiger partial charge >= 0.3 is 0 Å². The molecule has 2 aliphatic carbocycles. The van der Waals surface area contributed by atoms with Gasteiger partial charge in [-0.05, 0) is 44.4 Å². The number of nitrogens with one attached hydrogen (secondary N) is 1. The molecule has 88 valence electrons. The fraction of sp³-hybridized carbons (Fsp3) is 0.833. The number of carbonyl (C=O) groups is 2. The second-order valence-corrected chi connectivity index (χ2v) is 5.66. The molecule has 3 fully saturated rings. The van der Waals surface area contributed by atoms with E-state index in [4.69, 9.17) is 0 Å². The molecular weight excluding hydrogens is 204 g/mol. The predicted molar refractivity (Wildman–Crippen MR) is 58.6 cm³/mol. The van der Waals surface area contributed by atoms with E-state index in [1.165, 1.54) is 0 Å². The van der Waals surface area contributed by atoms with Crippen LogP contribution in [0.3, 0.4) is 0 Å². The molecule has 2 unspecified atom stereocenters. The second-order valence-electron chi connectivity index (χ2n) is 5.66. The van der Waals surface area contributed by atoms with Crippen LogP contribution in [0.4, 0.5) is 0 Å². The summed E-state index contributed by atoms with van der Waals surface area (Å²) in [7, 11) is 1.78. The number of rotatable bonds is 2. The minimum Gasteiger partial charge on any atom is -0.340 e. The summed E-state index contributed by atoms with van der Waals surface area (Å²) in [6.07, 6.45) is 4.28. The highest BCUT2D eigenvalue weighted by atomic mass is 16.2. The summed E-state index contributed by atoms with van der Waals surface area (Å²) < 4.78 is 0. The number of hydrogen-bond donors (Lipinski definition) is 1. The Bertz CT molecular complexity index is 360. The Hall–Kier alpha value is -1.06. The van der Waals surface area contributed by atoms with Gasteiger partial charge in [-0.2, -0.15) is 0 Å². The molecule has 4 heteroatoms. The van der Waals surface area contributed by atoms with Gasteiger partial charge in [0, 0.05) is 7.05 Å². The third-order valence-electron chi connectivity index (χ3n) is 4.30. The quantitative estimate of drug-likeness (QED) is 0.740. The molecule has 0 radical (unpaired) electrons. The first-order valence-corrected chi connectivity index (χ1v) is 6.13. The van der Waals surface area contributed by atoms with Crippen LogP contribution in [0.2, 0.25) is 0 Å².